The molecule has 0 aliphatic heterocycles. The maximum Gasteiger partial charge on any atom is 0.119 e. The highest BCUT2D eigenvalue weighted by molar-refractivity contribution is 6.28. The van der Waals surface area contributed by atoms with E-state index in [0.29, 0.717) is 40.6 Å². The molecule has 3 aromatic carbocycles. The van der Waals surface area contributed by atoms with E-state index in [4.69, 9.17) is 11.6 Å². The van der Waals surface area contributed by atoms with Crippen molar-refractivity contribution in [3.63, 3.8) is 0 Å². The molecule has 0 unspecified atom stereocenters. The van der Waals surface area contributed by atoms with Crippen LogP contribution in [0, 0.1) is 56.7 Å². The second kappa shape index (κ2) is 13.7. The highest BCUT2D eigenvalue weighted by Gasteiger charge is 2.70. The number of allylic oxidation sites excluding steroid dienone is 1. The largest absolute Gasteiger partial charge is 0.396 e. The van der Waals surface area contributed by atoms with Gasteiger partial charge in [-0.05, 0) is 144 Å². The van der Waals surface area contributed by atoms with Crippen LogP contribution in [0.15, 0.2) is 103 Å². The van der Waals surface area contributed by atoms with Crippen LogP contribution in [0.2, 0.25) is 0 Å². The number of rotatable bonds is 5. The van der Waals surface area contributed by atoms with E-state index < -0.39 is 4.87 Å². The predicted octanol–water partition coefficient (Wildman–Crippen LogP) is 12.2. The molecule has 0 aromatic heterocycles. The Morgan fingerprint density at radius 2 is 1.21 bits per heavy atom. The molecule has 8 rings (SSSR count). The lowest BCUT2D eigenvalue weighted by atomic mass is 9.32. The van der Waals surface area contributed by atoms with Crippen molar-refractivity contribution in [2.45, 2.75) is 117 Å². The molecule has 5 aliphatic rings. The molecule has 5 fully saturated rings. The van der Waals surface area contributed by atoms with Gasteiger partial charge in [0.2, 0.25) is 0 Å². The van der Waals surface area contributed by atoms with Crippen LogP contribution in [-0.2, 0) is 4.87 Å². The van der Waals surface area contributed by atoms with Crippen LogP contribution in [-0.4, -0.2) is 22.9 Å². The molecule has 280 valence electrons. The number of hydrogen-bond donors (Lipinski definition) is 2. The quantitative estimate of drug-likeness (QED) is 0.156. The Morgan fingerprint density at radius 1 is 0.673 bits per heavy atom. The van der Waals surface area contributed by atoms with Gasteiger partial charge in [-0.3, -0.25) is 0 Å². The summed E-state index contributed by atoms with van der Waals surface area (Å²) in [5.74, 6) is 3.33. The first-order valence-electron chi connectivity index (χ1n) is 20.5. The van der Waals surface area contributed by atoms with Gasteiger partial charge in [0.15, 0.2) is 0 Å². The highest BCUT2D eigenvalue weighted by Crippen LogP contribution is 2.77. The predicted molar refractivity (Wildman–Crippen MR) is 217 cm³/mol. The minimum absolute atomic E-state index is 0.0290. The van der Waals surface area contributed by atoms with Gasteiger partial charge in [0, 0.05) is 6.61 Å². The molecule has 2 nitrogen and oxygen atoms in total. The minimum atomic E-state index is -0.649. The van der Waals surface area contributed by atoms with E-state index in [0.717, 1.165) is 34.9 Å². The third kappa shape index (κ3) is 5.62. The summed E-state index contributed by atoms with van der Waals surface area (Å²) < 4.78 is 0. The zero-order chi connectivity index (χ0) is 37.2. The average molecular weight is 722 g/mol. The summed E-state index contributed by atoms with van der Waals surface area (Å²) in [5.41, 5.74) is 5.85. The van der Waals surface area contributed by atoms with Crippen LogP contribution < -0.4 is 0 Å². The van der Waals surface area contributed by atoms with Crippen molar-refractivity contribution in [1.29, 1.82) is 0 Å². The van der Waals surface area contributed by atoms with Crippen molar-refractivity contribution < 1.29 is 10.2 Å². The van der Waals surface area contributed by atoms with E-state index >= 15 is 0 Å². The summed E-state index contributed by atoms with van der Waals surface area (Å²) in [7, 11) is 0. The Morgan fingerprint density at radius 3 is 1.71 bits per heavy atom. The van der Waals surface area contributed by atoms with Crippen LogP contribution >= 0.6 is 11.6 Å². The molecule has 5 saturated carbocycles. The van der Waals surface area contributed by atoms with Crippen molar-refractivity contribution in [3.05, 3.63) is 120 Å². The maximum absolute atomic E-state index is 10.9. The monoisotopic (exact) mass is 720 g/mol. The Labute approximate surface area is 320 Å². The second-order valence-electron chi connectivity index (χ2n) is 19.3. The molecule has 0 saturated heterocycles. The number of aliphatic hydroxyl groups is 2. The van der Waals surface area contributed by atoms with Gasteiger partial charge >= 0.3 is 0 Å². The normalized spacial score (nSPS) is 39.1. The molecule has 0 bridgehead atoms. The fourth-order valence-electron chi connectivity index (χ4n) is 14.1. The molecule has 5 aliphatic carbocycles. The van der Waals surface area contributed by atoms with Crippen molar-refractivity contribution in [3.8, 4) is 0 Å². The standard InChI is InChI=1S/C30H50O2.C19H15Cl/c1-19(2)20-10-15-30(18-31)17-16-28(6)21(25(20)30)8-9-23-27(5)13-12-24(32)26(3,4)22(27)11-14-29(23,28)7;20-19(16-10-4-1-5-11-16,17-12-6-2-7-13-17)18-14-8-3-9-15-18/h20-25,31-32H,1,8-18H2,2-7H3;1-15H/t20-,21+,22-,23+,24-,25+,27-,28+,29+,30+;/m0./s1. The van der Waals surface area contributed by atoms with E-state index in [1.807, 2.05) is 54.6 Å². The average Bonchev–Trinajstić information content (AvgIpc) is 3.55. The lowest BCUT2D eigenvalue weighted by molar-refractivity contribution is -0.249. The fraction of sp³-hybridized carbons (Fsp3) is 0.592. The zero-order valence-electron chi connectivity index (χ0n) is 32.9. The summed E-state index contributed by atoms with van der Waals surface area (Å²) in [5, 5.41) is 21.5. The lowest BCUT2D eigenvalue weighted by Crippen LogP contribution is -2.66. The van der Waals surface area contributed by atoms with Gasteiger partial charge in [0.25, 0.3) is 0 Å². The van der Waals surface area contributed by atoms with E-state index in [2.05, 4.69) is 84.5 Å². The Balaban J connectivity index is 0.000000180. The smallest absolute Gasteiger partial charge is 0.119 e. The Kier molecular flexibility index (Phi) is 10.0. The molecule has 10 atom stereocenters. The van der Waals surface area contributed by atoms with Gasteiger partial charge in [-0.25, -0.2) is 0 Å². The van der Waals surface area contributed by atoms with Gasteiger partial charge in [0.05, 0.1) is 6.10 Å². The molecular weight excluding hydrogens is 656 g/mol. The zero-order valence-corrected chi connectivity index (χ0v) is 33.6. The van der Waals surface area contributed by atoms with Gasteiger partial charge in [-0.15, -0.1) is 11.6 Å². The van der Waals surface area contributed by atoms with Crippen LogP contribution in [0.1, 0.15) is 122 Å². The number of halogens is 1. The Hall–Kier alpha value is -2.39. The molecule has 3 heteroatoms. The van der Waals surface area contributed by atoms with E-state index in [9.17, 15) is 10.2 Å². The molecular formula is C49H65ClO2. The van der Waals surface area contributed by atoms with Crippen LogP contribution in [0.25, 0.3) is 0 Å². The third-order valence-electron chi connectivity index (χ3n) is 17.0. The van der Waals surface area contributed by atoms with Crippen molar-refractivity contribution in [2.24, 2.45) is 56.7 Å². The topological polar surface area (TPSA) is 40.5 Å². The second-order valence-corrected chi connectivity index (χ2v) is 19.9. The molecule has 0 radical (unpaired) electrons. The summed E-state index contributed by atoms with van der Waals surface area (Å²) in [6.07, 6.45) is 12.2. The molecule has 2 N–H and O–H groups in total. The maximum atomic E-state index is 10.9. The first-order valence-corrected chi connectivity index (χ1v) is 20.9. The summed E-state index contributed by atoms with van der Waals surface area (Å²) in [6.45, 7) is 19.7. The van der Waals surface area contributed by atoms with E-state index in [1.54, 1.807) is 0 Å². The lowest BCUT2D eigenvalue weighted by Gasteiger charge is -2.73. The molecule has 3 aromatic rings. The van der Waals surface area contributed by atoms with Gasteiger partial charge in [-0.2, -0.15) is 0 Å². The van der Waals surface area contributed by atoms with Crippen LogP contribution in [0.3, 0.4) is 0 Å². The van der Waals surface area contributed by atoms with E-state index in [1.165, 1.54) is 63.4 Å². The SMILES string of the molecule is C=C(C)[C@@H]1CC[C@]2(CO)CC[C@]3(C)[C@H](CC[C@@H]4[C@@]5(C)CC[C@H](O)C(C)(C)[C@@H]5CC[C@]43C)[C@@H]12.ClC(c1ccccc1)(c1ccccc1)c1ccccc1. The van der Waals surface area contributed by atoms with Crippen LogP contribution in [0.5, 0.6) is 0 Å². The Bertz CT molecular complexity index is 1610. The number of alkyl halides is 1. The van der Waals surface area contributed by atoms with Crippen molar-refractivity contribution >= 4 is 11.6 Å². The minimum Gasteiger partial charge on any atom is -0.396 e. The summed E-state index contributed by atoms with van der Waals surface area (Å²) in [6, 6.07) is 30.6. The molecule has 0 spiro atoms. The van der Waals surface area contributed by atoms with Crippen LogP contribution in [0.4, 0.5) is 0 Å². The summed E-state index contributed by atoms with van der Waals surface area (Å²) >= 11 is 7.12. The number of benzene rings is 3. The number of hydrogen-bond acceptors (Lipinski definition) is 2. The molecule has 0 amide bonds. The van der Waals surface area contributed by atoms with Gasteiger partial charge < -0.3 is 10.2 Å². The van der Waals surface area contributed by atoms with Gasteiger partial charge in [-0.1, -0.05) is 138 Å². The van der Waals surface area contributed by atoms with Crippen molar-refractivity contribution in [1.82, 2.24) is 0 Å². The molecule has 52 heavy (non-hydrogen) atoms. The molecule has 0 heterocycles. The fourth-order valence-corrected chi connectivity index (χ4v) is 14.4. The first kappa shape index (κ1) is 37.9. The van der Waals surface area contributed by atoms with Crippen molar-refractivity contribution in [2.75, 3.05) is 6.61 Å². The summed E-state index contributed by atoms with van der Waals surface area (Å²) in [4.78, 5) is -0.649. The van der Waals surface area contributed by atoms with E-state index in [-0.39, 0.29) is 16.9 Å². The third-order valence-corrected chi connectivity index (χ3v) is 17.7. The first-order chi connectivity index (χ1) is 24.7. The van der Waals surface area contributed by atoms with Gasteiger partial charge in [0.1, 0.15) is 4.87 Å². The highest BCUT2D eigenvalue weighted by atomic mass is 35.5. The number of fused-ring (bicyclic) bond motifs is 7. The number of aliphatic hydroxyl groups excluding tert-OH is 2.